The molecule has 0 spiro atoms. The SMILES string of the molecule is C=CCOc1ccc(NC(=O)C(=O)N/N=C\c2cc(Cl)ccc2OCC(=O)Nc2cc(C)ccc2C)cc1. The zero-order valence-corrected chi connectivity index (χ0v) is 21.7. The number of nitrogens with zero attached hydrogens (tertiary/aromatic N) is 1. The van der Waals surface area contributed by atoms with E-state index < -0.39 is 11.8 Å². The number of hydrazone groups is 1. The van der Waals surface area contributed by atoms with Crippen LogP contribution in [0.3, 0.4) is 0 Å². The summed E-state index contributed by atoms with van der Waals surface area (Å²) in [5, 5.41) is 9.49. The molecule has 3 rings (SSSR count). The van der Waals surface area contributed by atoms with Crippen molar-refractivity contribution in [1.29, 1.82) is 0 Å². The Morgan fingerprint density at radius 2 is 1.71 bits per heavy atom. The Morgan fingerprint density at radius 1 is 0.947 bits per heavy atom. The van der Waals surface area contributed by atoms with Gasteiger partial charge in [0, 0.05) is 22.0 Å². The maximum atomic E-state index is 12.4. The van der Waals surface area contributed by atoms with Crippen molar-refractivity contribution in [2.45, 2.75) is 13.8 Å². The summed E-state index contributed by atoms with van der Waals surface area (Å²) in [4.78, 5) is 36.7. The van der Waals surface area contributed by atoms with E-state index in [2.05, 4.69) is 27.7 Å². The number of anilines is 2. The standard InChI is InChI=1S/C28H27ClN4O5/c1-4-13-37-23-10-8-22(9-11-23)31-27(35)28(36)33-30-16-20-15-21(29)7-12-25(20)38-17-26(34)32-24-14-18(2)5-6-19(24)3/h4-12,14-16H,1,13,17H2,2-3H3,(H,31,35)(H,32,34)(H,33,36)/b30-16-. The van der Waals surface area contributed by atoms with Crippen molar-refractivity contribution in [3.8, 4) is 11.5 Å². The first-order valence-electron chi connectivity index (χ1n) is 11.5. The van der Waals surface area contributed by atoms with Gasteiger partial charge in [0.15, 0.2) is 6.61 Å². The van der Waals surface area contributed by atoms with E-state index in [1.807, 2.05) is 32.0 Å². The summed E-state index contributed by atoms with van der Waals surface area (Å²) in [6, 6.07) is 17.0. The number of nitrogens with one attached hydrogen (secondary N) is 3. The minimum absolute atomic E-state index is 0.262. The lowest BCUT2D eigenvalue weighted by molar-refractivity contribution is -0.136. The van der Waals surface area contributed by atoms with Crippen LogP contribution in [0.4, 0.5) is 11.4 Å². The maximum Gasteiger partial charge on any atom is 0.329 e. The van der Waals surface area contributed by atoms with Gasteiger partial charge in [0.2, 0.25) is 0 Å². The molecule has 0 saturated carbocycles. The minimum Gasteiger partial charge on any atom is -0.490 e. The van der Waals surface area contributed by atoms with Gasteiger partial charge in [-0.1, -0.05) is 36.4 Å². The monoisotopic (exact) mass is 534 g/mol. The molecule has 0 fully saturated rings. The second-order valence-corrected chi connectivity index (χ2v) is 8.55. The second kappa shape index (κ2) is 13.6. The molecule has 0 bridgehead atoms. The van der Waals surface area contributed by atoms with Crippen LogP contribution >= 0.6 is 11.6 Å². The van der Waals surface area contributed by atoms with Gasteiger partial charge >= 0.3 is 11.8 Å². The molecule has 38 heavy (non-hydrogen) atoms. The summed E-state index contributed by atoms with van der Waals surface area (Å²) in [7, 11) is 0. The van der Waals surface area contributed by atoms with Crippen LogP contribution in [0.1, 0.15) is 16.7 Å². The summed E-state index contributed by atoms with van der Waals surface area (Å²) in [6.45, 7) is 7.50. The molecule has 0 aliphatic carbocycles. The second-order valence-electron chi connectivity index (χ2n) is 8.11. The lowest BCUT2D eigenvalue weighted by Gasteiger charge is -2.12. The van der Waals surface area contributed by atoms with Gasteiger partial charge in [-0.05, 0) is 73.5 Å². The van der Waals surface area contributed by atoms with Gasteiger partial charge in [-0.3, -0.25) is 14.4 Å². The maximum absolute atomic E-state index is 12.4. The van der Waals surface area contributed by atoms with Crippen LogP contribution in [0.2, 0.25) is 5.02 Å². The van der Waals surface area contributed by atoms with Gasteiger partial charge in [0.25, 0.3) is 5.91 Å². The largest absolute Gasteiger partial charge is 0.490 e. The number of halogens is 1. The number of carbonyl (C=O) groups is 3. The minimum atomic E-state index is -0.981. The molecule has 0 unspecified atom stereocenters. The summed E-state index contributed by atoms with van der Waals surface area (Å²) in [5.74, 6) is -1.33. The van der Waals surface area contributed by atoms with Crippen molar-refractivity contribution in [3.05, 3.63) is 95.0 Å². The van der Waals surface area contributed by atoms with Crippen LogP contribution in [0.25, 0.3) is 0 Å². The molecular weight excluding hydrogens is 508 g/mol. The van der Waals surface area contributed by atoms with Gasteiger partial charge in [0.05, 0.1) is 6.21 Å². The molecule has 0 saturated heterocycles. The van der Waals surface area contributed by atoms with Crippen LogP contribution in [0.15, 0.2) is 78.4 Å². The number of ether oxygens (including phenoxy) is 2. The first-order valence-corrected chi connectivity index (χ1v) is 11.9. The predicted molar refractivity (Wildman–Crippen MR) is 148 cm³/mol. The molecule has 3 N–H and O–H groups in total. The Hall–Kier alpha value is -4.63. The van der Waals surface area contributed by atoms with E-state index in [4.69, 9.17) is 21.1 Å². The van der Waals surface area contributed by atoms with Crippen molar-refractivity contribution in [2.75, 3.05) is 23.8 Å². The third-order valence-corrected chi connectivity index (χ3v) is 5.29. The summed E-state index contributed by atoms with van der Waals surface area (Å²) in [6.07, 6.45) is 2.88. The molecule has 3 aromatic rings. The third kappa shape index (κ3) is 8.49. The van der Waals surface area contributed by atoms with E-state index in [-0.39, 0.29) is 12.5 Å². The van der Waals surface area contributed by atoms with Crippen molar-refractivity contribution in [3.63, 3.8) is 0 Å². The molecule has 0 aliphatic heterocycles. The number of rotatable bonds is 10. The van der Waals surface area contributed by atoms with Crippen LogP contribution in [-0.4, -0.2) is 37.1 Å². The fourth-order valence-corrected chi connectivity index (χ4v) is 3.32. The molecule has 196 valence electrons. The lowest BCUT2D eigenvalue weighted by Crippen LogP contribution is -2.32. The third-order valence-electron chi connectivity index (χ3n) is 5.05. The lowest BCUT2D eigenvalue weighted by atomic mass is 10.1. The molecule has 0 heterocycles. The Balaban J connectivity index is 1.55. The molecule has 0 radical (unpaired) electrons. The predicted octanol–water partition coefficient (Wildman–Crippen LogP) is 4.63. The van der Waals surface area contributed by atoms with Gasteiger partial charge in [-0.2, -0.15) is 5.10 Å². The molecular formula is C28H27ClN4O5. The average molecular weight is 535 g/mol. The van der Waals surface area contributed by atoms with Crippen LogP contribution in [0, 0.1) is 13.8 Å². The van der Waals surface area contributed by atoms with E-state index in [0.29, 0.717) is 40.1 Å². The average Bonchev–Trinajstić information content (AvgIpc) is 2.89. The molecule has 3 aromatic carbocycles. The molecule has 10 heteroatoms. The van der Waals surface area contributed by atoms with Gasteiger partial charge in [-0.15, -0.1) is 0 Å². The smallest absolute Gasteiger partial charge is 0.329 e. The van der Waals surface area contributed by atoms with E-state index in [0.717, 1.165) is 11.1 Å². The first-order chi connectivity index (χ1) is 18.2. The molecule has 9 nitrogen and oxygen atoms in total. The van der Waals surface area contributed by atoms with Gasteiger partial charge in [-0.25, -0.2) is 5.43 Å². The van der Waals surface area contributed by atoms with Crippen molar-refractivity contribution >= 4 is 46.9 Å². The van der Waals surface area contributed by atoms with Gasteiger partial charge < -0.3 is 20.1 Å². The fraction of sp³-hybridized carbons (Fsp3) is 0.143. The number of aryl methyl sites for hydroxylation is 2. The Labute approximate surface area is 225 Å². The van der Waals surface area contributed by atoms with Crippen LogP contribution in [-0.2, 0) is 14.4 Å². The Bertz CT molecular complexity index is 1360. The van der Waals surface area contributed by atoms with Crippen molar-refractivity contribution in [2.24, 2.45) is 5.10 Å². The Kier molecular flexibility index (Phi) is 10.0. The normalized spacial score (nSPS) is 10.5. The van der Waals surface area contributed by atoms with E-state index in [1.54, 1.807) is 48.5 Å². The fourth-order valence-electron chi connectivity index (χ4n) is 3.14. The van der Waals surface area contributed by atoms with E-state index >= 15 is 0 Å². The van der Waals surface area contributed by atoms with Crippen LogP contribution in [0.5, 0.6) is 11.5 Å². The number of hydrogen-bond acceptors (Lipinski definition) is 6. The highest BCUT2D eigenvalue weighted by Crippen LogP contribution is 2.22. The molecule has 0 aliphatic rings. The summed E-state index contributed by atoms with van der Waals surface area (Å²) < 4.78 is 11.0. The first kappa shape index (κ1) is 27.9. The van der Waals surface area contributed by atoms with E-state index in [1.165, 1.54) is 6.21 Å². The summed E-state index contributed by atoms with van der Waals surface area (Å²) in [5.41, 5.74) is 5.60. The highest BCUT2D eigenvalue weighted by molar-refractivity contribution is 6.39. The topological polar surface area (TPSA) is 118 Å². The Morgan fingerprint density at radius 3 is 2.45 bits per heavy atom. The number of hydrogen-bond donors (Lipinski definition) is 3. The van der Waals surface area contributed by atoms with E-state index in [9.17, 15) is 14.4 Å². The van der Waals surface area contributed by atoms with Crippen LogP contribution < -0.4 is 25.5 Å². The van der Waals surface area contributed by atoms with Gasteiger partial charge in [0.1, 0.15) is 18.1 Å². The quantitative estimate of drug-likeness (QED) is 0.152. The zero-order valence-electron chi connectivity index (χ0n) is 20.9. The number of benzene rings is 3. The van der Waals surface area contributed by atoms with Crippen molar-refractivity contribution < 1.29 is 23.9 Å². The molecule has 3 amide bonds. The number of amides is 3. The highest BCUT2D eigenvalue weighted by Gasteiger charge is 2.13. The molecule has 0 atom stereocenters. The summed E-state index contributed by atoms with van der Waals surface area (Å²) >= 11 is 6.08. The molecule has 0 aromatic heterocycles. The highest BCUT2D eigenvalue weighted by atomic mass is 35.5. The zero-order chi connectivity index (χ0) is 27.5. The number of carbonyl (C=O) groups excluding carboxylic acids is 3. The van der Waals surface area contributed by atoms with Crippen molar-refractivity contribution in [1.82, 2.24) is 5.43 Å².